The molecule has 1 aliphatic rings. The molecule has 1 saturated heterocycles. The highest BCUT2D eigenvalue weighted by Crippen LogP contribution is 2.20. The van der Waals surface area contributed by atoms with E-state index in [0.29, 0.717) is 11.6 Å². The molecule has 0 saturated carbocycles. The zero-order valence-corrected chi connectivity index (χ0v) is 14.3. The molecular formula is C18H23N3OS. The fraction of sp³-hybridized carbons (Fsp3) is 0.444. The first kappa shape index (κ1) is 16.1. The highest BCUT2D eigenvalue weighted by Gasteiger charge is 2.24. The van der Waals surface area contributed by atoms with E-state index in [0.717, 1.165) is 43.9 Å². The minimum atomic E-state index is 0.0865. The lowest BCUT2D eigenvalue weighted by Crippen LogP contribution is -2.40. The lowest BCUT2D eigenvalue weighted by molar-refractivity contribution is 0.0685. The van der Waals surface area contributed by atoms with Gasteiger partial charge in [-0.25, -0.2) is 4.98 Å². The summed E-state index contributed by atoms with van der Waals surface area (Å²) in [7, 11) is 1.99. The zero-order valence-electron chi connectivity index (χ0n) is 13.5. The van der Waals surface area contributed by atoms with E-state index in [1.54, 1.807) is 11.3 Å². The molecule has 5 heteroatoms. The molecule has 1 fully saturated rings. The van der Waals surface area contributed by atoms with Crippen LogP contribution in [-0.2, 0) is 6.42 Å². The average Bonchev–Trinajstić information content (AvgIpc) is 3.05. The first-order chi connectivity index (χ1) is 11.3. The highest BCUT2D eigenvalue weighted by molar-refractivity contribution is 7.09. The van der Waals surface area contributed by atoms with Gasteiger partial charge in [0.15, 0.2) is 0 Å². The highest BCUT2D eigenvalue weighted by atomic mass is 32.1. The Bertz CT molecular complexity index is 633. The van der Waals surface area contributed by atoms with Crippen molar-refractivity contribution in [2.45, 2.75) is 19.3 Å². The third-order valence-corrected chi connectivity index (χ3v) is 5.21. The van der Waals surface area contributed by atoms with Crippen molar-refractivity contribution in [2.24, 2.45) is 5.92 Å². The summed E-state index contributed by atoms with van der Waals surface area (Å²) in [4.78, 5) is 19.1. The Morgan fingerprint density at radius 3 is 2.74 bits per heavy atom. The van der Waals surface area contributed by atoms with Gasteiger partial charge in [-0.3, -0.25) is 4.79 Å². The van der Waals surface area contributed by atoms with Crippen LogP contribution in [0.2, 0.25) is 0 Å². The number of hydrogen-bond donors (Lipinski definition) is 1. The SMILES string of the molecule is CNCC1CCN(C(=O)c2csc(Cc3ccccc3)n2)CC1. The third kappa shape index (κ3) is 4.18. The molecule has 4 nitrogen and oxygen atoms in total. The van der Waals surface area contributed by atoms with Crippen molar-refractivity contribution < 1.29 is 4.79 Å². The second kappa shape index (κ2) is 7.70. The Hall–Kier alpha value is -1.72. The molecule has 0 bridgehead atoms. The predicted molar refractivity (Wildman–Crippen MR) is 93.9 cm³/mol. The summed E-state index contributed by atoms with van der Waals surface area (Å²) < 4.78 is 0. The molecule has 3 rings (SSSR count). The van der Waals surface area contributed by atoms with Gasteiger partial charge in [0.05, 0.1) is 5.01 Å². The number of nitrogens with one attached hydrogen (secondary N) is 1. The van der Waals surface area contributed by atoms with Gasteiger partial charge in [0, 0.05) is 24.9 Å². The summed E-state index contributed by atoms with van der Waals surface area (Å²) in [5.41, 5.74) is 1.83. The van der Waals surface area contributed by atoms with E-state index in [-0.39, 0.29) is 5.91 Å². The van der Waals surface area contributed by atoms with E-state index in [1.807, 2.05) is 35.5 Å². The van der Waals surface area contributed by atoms with Crippen LogP contribution < -0.4 is 5.32 Å². The van der Waals surface area contributed by atoms with Gasteiger partial charge in [0.2, 0.25) is 0 Å². The number of likely N-dealkylation sites (tertiary alicyclic amines) is 1. The Balaban J connectivity index is 1.58. The van der Waals surface area contributed by atoms with Crippen molar-refractivity contribution >= 4 is 17.2 Å². The van der Waals surface area contributed by atoms with Crippen molar-refractivity contribution in [1.82, 2.24) is 15.2 Å². The predicted octanol–water partition coefficient (Wildman–Crippen LogP) is 2.81. The Morgan fingerprint density at radius 1 is 1.30 bits per heavy atom. The van der Waals surface area contributed by atoms with Crippen LogP contribution >= 0.6 is 11.3 Å². The average molecular weight is 329 g/mol. The van der Waals surface area contributed by atoms with Crippen molar-refractivity contribution in [2.75, 3.05) is 26.7 Å². The summed E-state index contributed by atoms with van der Waals surface area (Å²) >= 11 is 1.58. The molecule has 23 heavy (non-hydrogen) atoms. The molecular weight excluding hydrogens is 306 g/mol. The normalized spacial score (nSPS) is 15.8. The van der Waals surface area contributed by atoms with Gasteiger partial charge in [-0.1, -0.05) is 30.3 Å². The summed E-state index contributed by atoms with van der Waals surface area (Å²) in [6.07, 6.45) is 2.95. The maximum atomic E-state index is 12.6. The number of thiazole rings is 1. The molecule has 0 radical (unpaired) electrons. The molecule has 0 unspecified atom stereocenters. The number of rotatable bonds is 5. The quantitative estimate of drug-likeness (QED) is 0.917. The molecule has 1 N–H and O–H groups in total. The molecule has 2 heterocycles. The molecule has 1 aliphatic heterocycles. The van der Waals surface area contributed by atoms with E-state index in [2.05, 4.69) is 22.4 Å². The molecule has 1 aromatic carbocycles. The lowest BCUT2D eigenvalue weighted by atomic mass is 9.97. The molecule has 0 atom stereocenters. The van der Waals surface area contributed by atoms with Crippen LogP contribution in [0.4, 0.5) is 0 Å². The Morgan fingerprint density at radius 2 is 2.04 bits per heavy atom. The maximum absolute atomic E-state index is 12.6. The van der Waals surface area contributed by atoms with Crippen molar-refractivity contribution in [1.29, 1.82) is 0 Å². The van der Waals surface area contributed by atoms with Crippen LogP contribution in [-0.4, -0.2) is 42.5 Å². The number of benzene rings is 1. The molecule has 0 aliphatic carbocycles. The topological polar surface area (TPSA) is 45.2 Å². The van der Waals surface area contributed by atoms with Crippen LogP contribution in [0.5, 0.6) is 0 Å². The minimum absolute atomic E-state index is 0.0865. The monoisotopic (exact) mass is 329 g/mol. The number of piperidine rings is 1. The number of carbonyl (C=O) groups is 1. The maximum Gasteiger partial charge on any atom is 0.273 e. The summed E-state index contributed by atoms with van der Waals surface area (Å²) in [5, 5.41) is 6.13. The van der Waals surface area contributed by atoms with Gasteiger partial charge >= 0.3 is 0 Å². The van der Waals surface area contributed by atoms with Crippen molar-refractivity contribution in [3.63, 3.8) is 0 Å². The molecule has 0 spiro atoms. The largest absolute Gasteiger partial charge is 0.337 e. The minimum Gasteiger partial charge on any atom is -0.337 e. The van der Waals surface area contributed by atoms with E-state index in [1.165, 1.54) is 5.56 Å². The summed E-state index contributed by atoms with van der Waals surface area (Å²) in [6, 6.07) is 10.3. The van der Waals surface area contributed by atoms with Gasteiger partial charge in [-0.05, 0) is 37.9 Å². The number of amides is 1. The number of hydrogen-bond acceptors (Lipinski definition) is 4. The lowest BCUT2D eigenvalue weighted by Gasteiger charge is -2.31. The molecule has 122 valence electrons. The smallest absolute Gasteiger partial charge is 0.273 e. The third-order valence-electron chi connectivity index (χ3n) is 4.36. The molecule has 1 amide bonds. The van der Waals surface area contributed by atoms with Crippen LogP contribution in [0.25, 0.3) is 0 Å². The van der Waals surface area contributed by atoms with Crippen LogP contribution in [0.3, 0.4) is 0 Å². The van der Waals surface area contributed by atoms with Gasteiger partial charge in [-0.2, -0.15) is 0 Å². The molecule has 2 aromatic rings. The number of nitrogens with zero attached hydrogens (tertiary/aromatic N) is 2. The van der Waals surface area contributed by atoms with E-state index < -0.39 is 0 Å². The van der Waals surface area contributed by atoms with Crippen LogP contribution in [0, 0.1) is 5.92 Å². The number of carbonyl (C=O) groups excluding carboxylic acids is 1. The van der Waals surface area contributed by atoms with Gasteiger partial charge in [0.25, 0.3) is 5.91 Å². The van der Waals surface area contributed by atoms with Gasteiger partial charge < -0.3 is 10.2 Å². The second-order valence-electron chi connectivity index (χ2n) is 6.08. The second-order valence-corrected chi connectivity index (χ2v) is 7.02. The van der Waals surface area contributed by atoms with E-state index in [4.69, 9.17) is 0 Å². The Labute approximate surface area is 141 Å². The zero-order chi connectivity index (χ0) is 16.1. The van der Waals surface area contributed by atoms with Gasteiger partial charge in [-0.15, -0.1) is 11.3 Å². The van der Waals surface area contributed by atoms with Crippen LogP contribution in [0.1, 0.15) is 33.9 Å². The molecule has 1 aromatic heterocycles. The fourth-order valence-corrected chi connectivity index (χ4v) is 3.85. The van der Waals surface area contributed by atoms with E-state index >= 15 is 0 Å². The van der Waals surface area contributed by atoms with Crippen LogP contribution in [0.15, 0.2) is 35.7 Å². The van der Waals surface area contributed by atoms with E-state index in [9.17, 15) is 4.79 Å². The summed E-state index contributed by atoms with van der Waals surface area (Å²) in [5.74, 6) is 0.775. The fourth-order valence-electron chi connectivity index (χ4n) is 3.05. The summed E-state index contributed by atoms with van der Waals surface area (Å²) in [6.45, 7) is 2.73. The van der Waals surface area contributed by atoms with Crippen molar-refractivity contribution in [3.05, 3.63) is 52.0 Å². The standard InChI is InChI=1S/C18H23N3OS/c1-19-12-15-7-9-21(10-8-15)18(22)16-13-23-17(20-16)11-14-5-3-2-4-6-14/h2-6,13,15,19H,7-12H2,1H3. The van der Waals surface area contributed by atoms with Gasteiger partial charge in [0.1, 0.15) is 5.69 Å². The van der Waals surface area contributed by atoms with Crippen molar-refractivity contribution in [3.8, 4) is 0 Å². The first-order valence-electron chi connectivity index (χ1n) is 8.18. The number of aromatic nitrogens is 1. The first-order valence-corrected chi connectivity index (χ1v) is 9.06. The Kier molecular flexibility index (Phi) is 5.41.